The average Bonchev–Trinajstić information content (AvgIpc) is 2.71. The highest BCUT2D eigenvalue weighted by Crippen LogP contribution is 2.22. The molecule has 1 saturated heterocycles. The van der Waals surface area contributed by atoms with Crippen LogP contribution in [0.1, 0.15) is 48.5 Å². The van der Waals surface area contributed by atoms with E-state index in [0.717, 1.165) is 42.3 Å². The van der Waals surface area contributed by atoms with E-state index in [0.29, 0.717) is 6.04 Å². The molecule has 2 rings (SSSR count). The fourth-order valence-corrected chi connectivity index (χ4v) is 3.47. The van der Waals surface area contributed by atoms with Gasteiger partial charge in [-0.1, -0.05) is 53.9 Å². The molecule has 1 aromatic rings. The number of amides is 1. The molecule has 0 saturated carbocycles. The summed E-state index contributed by atoms with van der Waals surface area (Å²) < 4.78 is 0. The number of hydrogen-bond acceptors (Lipinski definition) is 1. The Labute approximate surface area is 124 Å². The van der Waals surface area contributed by atoms with E-state index in [1.54, 1.807) is 0 Å². The highest BCUT2D eigenvalue weighted by molar-refractivity contribution is 9.09. The first-order valence-corrected chi connectivity index (χ1v) is 8.35. The summed E-state index contributed by atoms with van der Waals surface area (Å²) in [7, 11) is 0. The van der Waals surface area contributed by atoms with Crippen LogP contribution in [0.15, 0.2) is 24.3 Å². The predicted octanol–water partition coefficient (Wildman–Crippen LogP) is 4.03. The SMILES string of the molecule is CCc1ccccc1C(=O)N1CCCCCC1CBr. The molecule has 0 aliphatic carbocycles. The number of rotatable bonds is 3. The number of carbonyl (C=O) groups excluding carboxylic acids is 1. The molecule has 0 aromatic heterocycles. The fraction of sp³-hybridized carbons (Fsp3) is 0.562. The van der Waals surface area contributed by atoms with Crippen molar-refractivity contribution >= 4 is 21.8 Å². The third-order valence-electron chi connectivity index (χ3n) is 3.94. The van der Waals surface area contributed by atoms with Crippen molar-refractivity contribution in [3.8, 4) is 0 Å². The van der Waals surface area contributed by atoms with Gasteiger partial charge in [-0.05, 0) is 30.9 Å². The third-order valence-corrected chi connectivity index (χ3v) is 4.69. The Morgan fingerprint density at radius 1 is 1.32 bits per heavy atom. The molecule has 0 N–H and O–H groups in total. The molecule has 0 bridgehead atoms. The lowest BCUT2D eigenvalue weighted by Crippen LogP contribution is -2.41. The van der Waals surface area contributed by atoms with Gasteiger partial charge in [0.15, 0.2) is 0 Å². The summed E-state index contributed by atoms with van der Waals surface area (Å²) >= 11 is 3.57. The van der Waals surface area contributed by atoms with Gasteiger partial charge in [-0.2, -0.15) is 0 Å². The standard InChI is InChI=1S/C16H22BrNO/c1-2-13-8-5-6-10-15(13)16(19)18-11-7-3-4-9-14(18)12-17/h5-6,8,10,14H,2-4,7,9,11-12H2,1H3. The normalized spacial score (nSPS) is 20.1. The minimum Gasteiger partial charge on any atom is -0.335 e. The van der Waals surface area contributed by atoms with Gasteiger partial charge in [-0.15, -0.1) is 0 Å². The number of alkyl halides is 1. The molecule has 1 aliphatic heterocycles. The van der Waals surface area contributed by atoms with Crippen LogP contribution in [-0.4, -0.2) is 28.7 Å². The van der Waals surface area contributed by atoms with Gasteiger partial charge < -0.3 is 4.90 Å². The summed E-state index contributed by atoms with van der Waals surface area (Å²) in [5, 5.41) is 0.882. The van der Waals surface area contributed by atoms with Gasteiger partial charge in [-0.3, -0.25) is 4.79 Å². The summed E-state index contributed by atoms with van der Waals surface area (Å²) in [4.78, 5) is 14.9. The van der Waals surface area contributed by atoms with Crippen LogP contribution in [0.2, 0.25) is 0 Å². The van der Waals surface area contributed by atoms with Crippen LogP contribution in [-0.2, 0) is 6.42 Å². The number of nitrogens with zero attached hydrogens (tertiary/aromatic N) is 1. The van der Waals surface area contributed by atoms with Crippen molar-refractivity contribution in [3.63, 3.8) is 0 Å². The minimum absolute atomic E-state index is 0.212. The van der Waals surface area contributed by atoms with Gasteiger partial charge in [-0.25, -0.2) is 0 Å². The number of benzene rings is 1. The quantitative estimate of drug-likeness (QED) is 0.769. The second kappa shape index (κ2) is 7.09. The first-order chi connectivity index (χ1) is 9.27. The summed E-state index contributed by atoms with van der Waals surface area (Å²) in [6.07, 6.45) is 5.63. The highest BCUT2D eigenvalue weighted by atomic mass is 79.9. The molecular formula is C16H22BrNO. The zero-order valence-electron chi connectivity index (χ0n) is 11.6. The van der Waals surface area contributed by atoms with Crippen molar-refractivity contribution < 1.29 is 4.79 Å². The molecular weight excluding hydrogens is 302 g/mol. The van der Waals surface area contributed by atoms with Crippen LogP contribution < -0.4 is 0 Å². The first-order valence-electron chi connectivity index (χ1n) is 7.22. The number of carbonyl (C=O) groups is 1. The average molecular weight is 324 g/mol. The van der Waals surface area contributed by atoms with E-state index in [1.807, 2.05) is 18.2 Å². The first kappa shape index (κ1) is 14.6. The zero-order chi connectivity index (χ0) is 13.7. The Morgan fingerprint density at radius 3 is 2.84 bits per heavy atom. The third kappa shape index (κ3) is 3.38. The Bertz CT molecular complexity index is 433. The topological polar surface area (TPSA) is 20.3 Å². The van der Waals surface area contributed by atoms with Gasteiger partial charge in [0.05, 0.1) is 0 Å². The molecule has 104 valence electrons. The second-order valence-corrected chi connectivity index (χ2v) is 5.81. The fourth-order valence-electron chi connectivity index (χ4n) is 2.80. The summed E-state index contributed by atoms with van der Waals surface area (Å²) in [6, 6.07) is 8.36. The predicted molar refractivity (Wildman–Crippen MR) is 82.9 cm³/mol. The Morgan fingerprint density at radius 2 is 2.11 bits per heavy atom. The summed E-state index contributed by atoms with van der Waals surface area (Å²) in [5.74, 6) is 0.212. The lowest BCUT2D eigenvalue weighted by Gasteiger charge is -2.29. The molecule has 1 fully saturated rings. The van der Waals surface area contributed by atoms with Crippen molar-refractivity contribution in [1.82, 2.24) is 4.90 Å². The minimum atomic E-state index is 0.212. The number of halogens is 1. The van der Waals surface area contributed by atoms with Crippen molar-refractivity contribution in [3.05, 3.63) is 35.4 Å². The second-order valence-electron chi connectivity index (χ2n) is 5.17. The Balaban J connectivity index is 2.25. The molecule has 19 heavy (non-hydrogen) atoms. The van der Waals surface area contributed by atoms with Crippen LogP contribution in [0.25, 0.3) is 0 Å². The maximum atomic E-state index is 12.8. The van der Waals surface area contributed by atoms with Crippen molar-refractivity contribution in [2.45, 2.75) is 45.1 Å². The molecule has 0 spiro atoms. The highest BCUT2D eigenvalue weighted by Gasteiger charge is 2.26. The van der Waals surface area contributed by atoms with Gasteiger partial charge in [0.1, 0.15) is 0 Å². The Kier molecular flexibility index (Phi) is 5.44. The van der Waals surface area contributed by atoms with Crippen LogP contribution in [0, 0.1) is 0 Å². The van der Waals surface area contributed by atoms with E-state index in [4.69, 9.17) is 0 Å². The van der Waals surface area contributed by atoms with Gasteiger partial charge in [0, 0.05) is 23.5 Å². The van der Waals surface area contributed by atoms with Crippen LogP contribution in [0.4, 0.5) is 0 Å². The maximum absolute atomic E-state index is 12.8. The molecule has 1 aromatic carbocycles. The molecule has 1 unspecified atom stereocenters. The van der Waals surface area contributed by atoms with Crippen LogP contribution in [0.5, 0.6) is 0 Å². The van der Waals surface area contributed by atoms with Crippen LogP contribution in [0.3, 0.4) is 0 Å². The van der Waals surface area contributed by atoms with Crippen molar-refractivity contribution in [1.29, 1.82) is 0 Å². The molecule has 3 heteroatoms. The van der Waals surface area contributed by atoms with Crippen molar-refractivity contribution in [2.75, 3.05) is 11.9 Å². The van der Waals surface area contributed by atoms with E-state index < -0.39 is 0 Å². The lowest BCUT2D eigenvalue weighted by atomic mass is 10.0. The van der Waals surface area contributed by atoms with Crippen LogP contribution >= 0.6 is 15.9 Å². The summed E-state index contributed by atoms with van der Waals surface area (Å²) in [5.41, 5.74) is 2.04. The molecule has 2 nitrogen and oxygen atoms in total. The smallest absolute Gasteiger partial charge is 0.254 e. The monoisotopic (exact) mass is 323 g/mol. The van der Waals surface area contributed by atoms with Gasteiger partial charge >= 0.3 is 0 Å². The molecule has 1 amide bonds. The van der Waals surface area contributed by atoms with E-state index in [1.165, 1.54) is 12.8 Å². The van der Waals surface area contributed by atoms with E-state index in [9.17, 15) is 4.79 Å². The number of hydrogen-bond donors (Lipinski definition) is 0. The zero-order valence-corrected chi connectivity index (χ0v) is 13.2. The van der Waals surface area contributed by atoms with E-state index >= 15 is 0 Å². The summed E-state index contributed by atoms with van der Waals surface area (Å²) in [6.45, 7) is 3.00. The lowest BCUT2D eigenvalue weighted by molar-refractivity contribution is 0.0701. The van der Waals surface area contributed by atoms with E-state index in [2.05, 4.69) is 33.8 Å². The van der Waals surface area contributed by atoms with Gasteiger partial charge in [0.25, 0.3) is 5.91 Å². The molecule has 1 atom stereocenters. The maximum Gasteiger partial charge on any atom is 0.254 e. The number of likely N-dealkylation sites (tertiary alicyclic amines) is 1. The Hall–Kier alpha value is -0.830. The van der Waals surface area contributed by atoms with E-state index in [-0.39, 0.29) is 5.91 Å². The van der Waals surface area contributed by atoms with Gasteiger partial charge in [0.2, 0.25) is 0 Å². The molecule has 1 heterocycles. The molecule has 0 radical (unpaired) electrons. The van der Waals surface area contributed by atoms with Crippen molar-refractivity contribution in [2.24, 2.45) is 0 Å². The number of aryl methyl sites for hydroxylation is 1. The largest absolute Gasteiger partial charge is 0.335 e. The molecule has 1 aliphatic rings.